The summed E-state index contributed by atoms with van der Waals surface area (Å²) in [5, 5.41) is 46.6. The van der Waals surface area contributed by atoms with E-state index < -0.39 is 69.5 Å². The number of aliphatic hydroxyl groups excluding tert-OH is 1. The first-order chi connectivity index (χ1) is 18.2. The second kappa shape index (κ2) is 7.75. The van der Waals surface area contributed by atoms with Crippen LogP contribution in [0.1, 0.15) is 72.6 Å². The number of ether oxygens (including phenoxy) is 2. The highest BCUT2D eigenvalue weighted by Crippen LogP contribution is 2.75. The molecule has 0 aliphatic heterocycles. The van der Waals surface area contributed by atoms with Gasteiger partial charge in [0.25, 0.3) is 0 Å². The molecule has 8 aliphatic rings. The lowest BCUT2D eigenvalue weighted by molar-refractivity contribution is -0.219. The maximum atomic E-state index is 13.5. The third kappa shape index (κ3) is 3.15. The Balaban J connectivity index is 1.24. The van der Waals surface area contributed by atoms with Crippen molar-refractivity contribution in [3.05, 3.63) is 23.3 Å². The third-order valence-corrected chi connectivity index (χ3v) is 12.5. The molecule has 8 rings (SSSR count). The van der Waals surface area contributed by atoms with Gasteiger partial charge in [-0.25, -0.2) is 4.79 Å². The van der Waals surface area contributed by atoms with Gasteiger partial charge in [0.2, 0.25) is 0 Å². The molecule has 4 N–H and O–H groups in total. The van der Waals surface area contributed by atoms with Gasteiger partial charge in [-0.2, -0.15) is 0 Å². The van der Waals surface area contributed by atoms with E-state index in [1.165, 1.54) is 19.3 Å². The summed E-state index contributed by atoms with van der Waals surface area (Å²) < 4.78 is 12.2. The standard InChI is InChI=1S/C31H42O8/c1-15-5-22-29(35,24(15)33)13-20(14-32)9-21-23-27(3,4)31(23,37)25(16(2)30(21,22)36)38-26(34)39-28-10-17-6-18(11-28)8-19(7-17)12-28/h5,9,16-19,21-23,25,32,35-37H,6-8,10-14H2,1-4H3/t16-,17?,18?,19?,21+,22-,23-,25-,28?,29-,30-,31-/m1/s1. The molecule has 0 unspecified atom stereocenters. The topological polar surface area (TPSA) is 134 Å². The van der Waals surface area contributed by atoms with Gasteiger partial charge < -0.3 is 29.9 Å². The normalized spacial score (nSPS) is 54.1. The van der Waals surface area contributed by atoms with Crippen molar-refractivity contribution in [1.29, 1.82) is 0 Å². The molecule has 0 saturated heterocycles. The number of Topliss-reactive ketones (excluding diaryl/α,β-unsaturated/α-hetero) is 1. The van der Waals surface area contributed by atoms with Crippen molar-refractivity contribution in [2.24, 2.45) is 46.8 Å². The fraction of sp³-hybridized carbons (Fsp3) is 0.806. The van der Waals surface area contributed by atoms with E-state index in [1.807, 2.05) is 13.8 Å². The summed E-state index contributed by atoms with van der Waals surface area (Å²) >= 11 is 0. The molecular weight excluding hydrogens is 500 g/mol. The highest BCUT2D eigenvalue weighted by molar-refractivity contribution is 6.04. The van der Waals surface area contributed by atoms with Crippen LogP contribution in [-0.4, -0.2) is 67.5 Å². The number of ketones is 1. The van der Waals surface area contributed by atoms with Crippen LogP contribution >= 0.6 is 0 Å². The molecule has 0 amide bonds. The summed E-state index contributed by atoms with van der Waals surface area (Å²) in [6.45, 7) is 6.76. The van der Waals surface area contributed by atoms with Gasteiger partial charge in [-0.1, -0.05) is 32.9 Å². The molecule has 0 aromatic carbocycles. The molecule has 6 fully saturated rings. The SMILES string of the molecule is CC1=C[C@H]2[C@@]3(O)[C@H](C)[C@@H](OC(=O)OC45CC6CC(CC(C6)C4)C5)[C@]4(O)[C@H]([C@@H]3C=C(CO)C[C@]2(O)C1=O)C4(C)C. The van der Waals surface area contributed by atoms with Crippen LogP contribution in [-0.2, 0) is 14.3 Å². The Hall–Kier alpha value is -1.74. The van der Waals surface area contributed by atoms with Gasteiger partial charge in [0.05, 0.1) is 12.2 Å². The van der Waals surface area contributed by atoms with Crippen LogP contribution < -0.4 is 0 Å². The van der Waals surface area contributed by atoms with Crippen LogP contribution in [0.5, 0.6) is 0 Å². The van der Waals surface area contributed by atoms with Gasteiger partial charge in [0, 0.05) is 35.5 Å². The molecule has 0 aromatic heterocycles. The first-order valence-electron chi connectivity index (χ1n) is 14.8. The number of hydrogen-bond acceptors (Lipinski definition) is 8. The summed E-state index contributed by atoms with van der Waals surface area (Å²) in [5.74, 6) is -1.72. The number of rotatable bonds is 3. The highest BCUT2D eigenvalue weighted by Gasteiger charge is 2.85. The van der Waals surface area contributed by atoms with Crippen molar-refractivity contribution in [2.45, 2.75) is 101 Å². The van der Waals surface area contributed by atoms with Crippen molar-refractivity contribution < 1.29 is 39.5 Å². The molecule has 0 spiro atoms. The predicted octanol–water partition coefficient (Wildman–Crippen LogP) is 3.06. The zero-order chi connectivity index (χ0) is 27.9. The lowest BCUT2D eigenvalue weighted by atomic mass is 9.54. The van der Waals surface area contributed by atoms with Crippen molar-refractivity contribution in [2.75, 3.05) is 6.61 Å². The van der Waals surface area contributed by atoms with Gasteiger partial charge >= 0.3 is 6.16 Å². The fourth-order valence-corrected chi connectivity index (χ4v) is 11.1. The van der Waals surface area contributed by atoms with E-state index in [0.717, 1.165) is 19.3 Å². The molecule has 0 heterocycles. The average Bonchev–Trinajstić information content (AvgIpc) is 3.24. The Morgan fingerprint density at radius 1 is 1.03 bits per heavy atom. The van der Waals surface area contributed by atoms with Gasteiger partial charge in [-0.15, -0.1) is 0 Å². The molecule has 8 aliphatic carbocycles. The zero-order valence-corrected chi connectivity index (χ0v) is 23.4. The van der Waals surface area contributed by atoms with Crippen LogP contribution in [0.15, 0.2) is 23.3 Å². The fourth-order valence-electron chi connectivity index (χ4n) is 11.1. The largest absolute Gasteiger partial charge is 0.509 e. The molecule has 6 saturated carbocycles. The Kier molecular flexibility index (Phi) is 5.20. The number of carbonyl (C=O) groups excluding carboxylic acids is 2. The van der Waals surface area contributed by atoms with E-state index in [9.17, 15) is 30.0 Å². The Morgan fingerprint density at radius 3 is 2.18 bits per heavy atom. The van der Waals surface area contributed by atoms with Crippen molar-refractivity contribution in [3.8, 4) is 0 Å². The number of aliphatic hydroxyl groups is 4. The number of fused-ring (bicyclic) bond motifs is 5. The Morgan fingerprint density at radius 2 is 1.62 bits per heavy atom. The minimum atomic E-state index is -1.92. The number of carbonyl (C=O) groups is 2. The molecule has 39 heavy (non-hydrogen) atoms. The van der Waals surface area contributed by atoms with E-state index in [0.29, 0.717) is 28.9 Å². The molecule has 8 atom stereocenters. The molecule has 8 nitrogen and oxygen atoms in total. The van der Waals surface area contributed by atoms with Gasteiger partial charge in [-0.05, 0) is 74.3 Å². The summed E-state index contributed by atoms with van der Waals surface area (Å²) in [5.41, 5.74) is -5.50. The molecule has 0 radical (unpaired) electrons. The Labute approximate surface area is 229 Å². The second-order valence-corrected chi connectivity index (χ2v) is 15.0. The average molecular weight is 543 g/mol. The van der Waals surface area contributed by atoms with E-state index in [-0.39, 0.29) is 13.0 Å². The first kappa shape index (κ1) is 26.2. The van der Waals surface area contributed by atoms with Crippen molar-refractivity contribution in [3.63, 3.8) is 0 Å². The quantitative estimate of drug-likeness (QED) is 0.316. The van der Waals surface area contributed by atoms with Crippen molar-refractivity contribution >= 4 is 11.9 Å². The van der Waals surface area contributed by atoms with Crippen LogP contribution in [0, 0.1) is 46.8 Å². The molecule has 4 bridgehead atoms. The van der Waals surface area contributed by atoms with E-state index in [2.05, 4.69) is 0 Å². The molecular formula is C31H42O8. The summed E-state index contributed by atoms with van der Waals surface area (Å²) in [6.07, 6.45) is 7.56. The maximum absolute atomic E-state index is 13.5. The van der Waals surface area contributed by atoms with Crippen LogP contribution in [0.2, 0.25) is 0 Å². The molecule has 8 heteroatoms. The van der Waals surface area contributed by atoms with E-state index in [4.69, 9.17) is 9.47 Å². The van der Waals surface area contributed by atoms with Gasteiger partial charge in [-0.3, -0.25) is 4.79 Å². The minimum absolute atomic E-state index is 0.0997. The third-order valence-electron chi connectivity index (χ3n) is 12.5. The lowest BCUT2D eigenvalue weighted by Crippen LogP contribution is -2.66. The summed E-state index contributed by atoms with van der Waals surface area (Å²) in [7, 11) is 0. The van der Waals surface area contributed by atoms with Crippen LogP contribution in [0.25, 0.3) is 0 Å². The van der Waals surface area contributed by atoms with Crippen LogP contribution in [0.3, 0.4) is 0 Å². The van der Waals surface area contributed by atoms with Gasteiger partial charge in [0.15, 0.2) is 5.78 Å². The maximum Gasteiger partial charge on any atom is 0.509 e. The summed E-state index contributed by atoms with van der Waals surface area (Å²) in [6, 6.07) is 0. The van der Waals surface area contributed by atoms with Crippen molar-refractivity contribution in [1.82, 2.24) is 0 Å². The number of hydrogen-bond donors (Lipinski definition) is 4. The van der Waals surface area contributed by atoms with E-state index in [1.54, 1.807) is 26.0 Å². The van der Waals surface area contributed by atoms with Crippen LogP contribution in [0.4, 0.5) is 4.79 Å². The first-order valence-corrected chi connectivity index (χ1v) is 14.8. The monoisotopic (exact) mass is 542 g/mol. The molecule has 0 aromatic rings. The predicted molar refractivity (Wildman–Crippen MR) is 139 cm³/mol. The van der Waals surface area contributed by atoms with E-state index >= 15 is 0 Å². The smallest absolute Gasteiger partial charge is 0.428 e. The summed E-state index contributed by atoms with van der Waals surface area (Å²) in [4.78, 5) is 26.7. The lowest BCUT2D eigenvalue weighted by Gasteiger charge is -2.55. The molecule has 214 valence electrons. The zero-order valence-electron chi connectivity index (χ0n) is 23.4. The highest BCUT2D eigenvalue weighted by atomic mass is 16.7. The minimum Gasteiger partial charge on any atom is -0.428 e. The second-order valence-electron chi connectivity index (χ2n) is 15.0. The van der Waals surface area contributed by atoms with Gasteiger partial charge in [0.1, 0.15) is 22.9 Å². The Bertz CT molecular complexity index is 1170.